The van der Waals surface area contributed by atoms with Gasteiger partial charge in [-0.3, -0.25) is 10.1 Å². The van der Waals surface area contributed by atoms with Gasteiger partial charge < -0.3 is 25.0 Å². The topological polar surface area (TPSA) is 100 Å². The van der Waals surface area contributed by atoms with Crippen LogP contribution < -0.4 is 10.6 Å². The molecule has 0 aromatic heterocycles. The molecule has 4 aliphatic rings. The third-order valence-electron chi connectivity index (χ3n) is 14.0. The number of nitrogens with one attached hydrogen (secondary N) is 2. The van der Waals surface area contributed by atoms with Crippen molar-refractivity contribution in [3.05, 3.63) is 12.2 Å². The van der Waals surface area contributed by atoms with Gasteiger partial charge in [0.25, 0.3) is 0 Å². The second-order valence-corrected chi connectivity index (χ2v) is 16.8. The van der Waals surface area contributed by atoms with Crippen LogP contribution in [0.4, 0.5) is 0 Å². The van der Waals surface area contributed by atoms with Gasteiger partial charge in [-0.05, 0) is 113 Å². The Balaban J connectivity index is 1.49. The average molecular weight is 647 g/mol. The molecule has 1 heterocycles. The minimum Gasteiger partial charge on any atom is -0.378 e. The molecule has 15 unspecified atom stereocenters. The number of carbonyl (C=O) groups is 1. The van der Waals surface area contributed by atoms with Gasteiger partial charge in [0.1, 0.15) is 11.8 Å². The van der Waals surface area contributed by atoms with Gasteiger partial charge in [0, 0.05) is 31.3 Å². The molecule has 0 aromatic carbocycles. The minimum absolute atomic E-state index is 0.00766. The molecule has 7 heteroatoms. The van der Waals surface area contributed by atoms with E-state index in [2.05, 4.69) is 58.8 Å². The van der Waals surface area contributed by atoms with Crippen LogP contribution in [0.25, 0.3) is 0 Å². The minimum atomic E-state index is -0.835. The second-order valence-electron chi connectivity index (χ2n) is 16.8. The molecule has 0 spiro atoms. The Morgan fingerprint density at radius 3 is 2.48 bits per heavy atom. The lowest BCUT2D eigenvalue weighted by molar-refractivity contribution is -0.186. The Labute approximate surface area is 281 Å². The number of methoxy groups -OCH3 is 1. The van der Waals surface area contributed by atoms with Gasteiger partial charge in [0.05, 0.1) is 12.3 Å². The fraction of sp³-hybridized carbons (Fsp3) is 0.923. The number of fused-ring (bicyclic) bond motifs is 1. The first-order chi connectivity index (χ1) is 21.7. The monoisotopic (exact) mass is 647 g/mol. The van der Waals surface area contributed by atoms with Gasteiger partial charge in [-0.15, -0.1) is 0 Å². The van der Waals surface area contributed by atoms with E-state index in [-0.39, 0.29) is 47.1 Å². The summed E-state index contributed by atoms with van der Waals surface area (Å²) in [6.07, 6.45) is 9.79. The maximum atomic E-state index is 13.5. The summed E-state index contributed by atoms with van der Waals surface area (Å²) >= 11 is 0. The van der Waals surface area contributed by atoms with Gasteiger partial charge in [-0.1, -0.05) is 66.5 Å². The van der Waals surface area contributed by atoms with Crippen LogP contribution in [-0.4, -0.2) is 60.0 Å². The molecular formula is C39H70N2O5. The molecule has 1 aliphatic heterocycles. The van der Waals surface area contributed by atoms with E-state index in [1.165, 1.54) is 19.3 Å². The number of hydrogen-bond acceptors (Lipinski definition) is 7. The molecule has 0 radical (unpaired) electrons. The van der Waals surface area contributed by atoms with Crippen LogP contribution in [0, 0.1) is 58.7 Å². The molecule has 266 valence electrons. The van der Waals surface area contributed by atoms with Crippen molar-refractivity contribution in [2.45, 2.75) is 156 Å². The van der Waals surface area contributed by atoms with E-state index >= 15 is 0 Å². The lowest BCUT2D eigenvalue weighted by atomic mass is 9.45. The maximum Gasteiger partial charge on any atom is 0.164 e. The molecule has 1 saturated heterocycles. The van der Waals surface area contributed by atoms with Crippen LogP contribution in [0.3, 0.4) is 0 Å². The lowest BCUT2D eigenvalue weighted by Gasteiger charge is -2.61. The third kappa shape index (κ3) is 7.97. The predicted molar refractivity (Wildman–Crippen MR) is 186 cm³/mol. The number of carbonyl (C=O) groups excluding carboxylic acids is 1. The molecule has 0 bridgehead atoms. The van der Waals surface area contributed by atoms with E-state index in [0.717, 1.165) is 68.9 Å². The largest absolute Gasteiger partial charge is 0.378 e. The molecule has 7 nitrogen and oxygen atoms in total. The smallest absolute Gasteiger partial charge is 0.164 e. The van der Waals surface area contributed by atoms with Crippen LogP contribution in [0.1, 0.15) is 126 Å². The van der Waals surface area contributed by atoms with E-state index < -0.39 is 18.1 Å². The Morgan fingerprint density at radius 1 is 1.11 bits per heavy atom. The molecule has 4 rings (SSSR count). The zero-order chi connectivity index (χ0) is 34.0. The molecule has 0 aromatic rings. The Hall–Kier alpha value is -0.830. The summed E-state index contributed by atoms with van der Waals surface area (Å²) in [6.45, 7) is 23.3. The number of rotatable bonds is 14. The molecule has 4 N–H and O–H groups in total. The van der Waals surface area contributed by atoms with Gasteiger partial charge in [-0.25, -0.2) is 0 Å². The van der Waals surface area contributed by atoms with Gasteiger partial charge in [0.15, 0.2) is 12.1 Å². The molecule has 3 saturated carbocycles. The molecule has 46 heavy (non-hydrogen) atoms. The van der Waals surface area contributed by atoms with Crippen molar-refractivity contribution in [2.24, 2.45) is 58.7 Å². The van der Waals surface area contributed by atoms with Crippen LogP contribution in [-0.2, 0) is 14.3 Å². The van der Waals surface area contributed by atoms with E-state index in [0.29, 0.717) is 24.2 Å². The zero-order valence-electron chi connectivity index (χ0n) is 30.8. The Kier molecular flexibility index (Phi) is 13.0. The molecular weight excluding hydrogens is 576 g/mol. The van der Waals surface area contributed by atoms with Gasteiger partial charge >= 0.3 is 0 Å². The van der Waals surface area contributed by atoms with Crippen molar-refractivity contribution in [1.29, 1.82) is 0 Å². The molecule has 0 amide bonds. The summed E-state index contributed by atoms with van der Waals surface area (Å²) in [5.41, 5.74) is 0.156. The summed E-state index contributed by atoms with van der Waals surface area (Å²) in [6, 6.07) is 0. The van der Waals surface area contributed by atoms with E-state index in [1.54, 1.807) is 7.11 Å². The van der Waals surface area contributed by atoms with Crippen LogP contribution >= 0.6 is 0 Å². The van der Waals surface area contributed by atoms with Crippen molar-refractivity contribution in [3.8, 4) is 0 Å². The zero-order valence-corrected chi connectivity index (χ0v) is 30.8. The summed E-state index contributed by atoms with van der Waals surface area (Å²) < 4.78 is 12.3. The summed E-state index contributed by atoms with van der Waals surface area (Å²) in [7, 11) is 1.70. The first kappa shape index (κ1) is 38.0. The highest BCUT2D eigenvalue weighted by Gasteiger charge is 2.61. The molecule has 4 fully saturated rings. The van der Waals surface area contributed by atoms with E-state index in [4.69, 9.17) is 9.47 Å². The number of Topliss-reactive ketones (excluding diaryl/α,β-unsaturated/α-hetero) is 1. The van der Waals surface area contributed by atoms with Crippen molar-refractivity contribution in [3.63, 3.8) is 0 Å². The highest BCUT2D eigenvalue weighted by atomic mass is 16.6. The van der Waals surface area contributed by atoms with Crippen molar-refractivity contribution in [1.82, 2.24) is 10.6 Å². The number of hydrogen-bond donors (Lipinski definition) is 4. The summed E-state index contributed by atoms with van der Waals surface area (Å²) in [5.74, 6) is 3.37. The van der Waals surface area contributed by atoms with Gasteiger partial charge in [0.2, 0.25) is 0 Å². The summed E-state index contributed by atoms with van der Waals surface area (Å²) in [4.78, 5) is 13.5. The van der Waals surface area contributed by atoms with Crippen molar-refractivity contribution < 1.29 is 24.5 Å². The standard InChI is InChI=1S/C39H70N2O5/c1-11-18-40-28(7)41-36(43)26(5)25(4)32-22-34-38(8,17-16-35(42)39(34,9)45-10)33(27(32)6)15-14-30-21-31(46-37(30)44)20-29-13-12-23(2)24(3)19-29/h23-24,26-34,36-37,40-41,43-44H,4,11-22H2,1-3,5-10H3. The Bertz CT molecular complexity index is 1020. The number of aliphatic hydroxyl groups is 2. The second kappa shape index (κ2) is 15.8. The predicted octanol–water partition coefficient (Wildman–Crippen LogP) is 7.06. The van der Waals surface area contributed by atoms with Crippen LogP contribution in [0.15, 0.2) is 12.2 Å². The van der Waals surface area contributed by atoms with Crippen molar-refractivity contribution in [2.75, 3.05) is 13.7 Å². The van der Waals surface area contributed by atoms with Crippen molar-refractivity contribution >= 4 is 5.78 Å². The first-order valence-electron chi connectivity index (χ1n) is 18.9. The normalized spacial score (nSPS) is 43.6. The Morgan fingerprint density at radius 2 is 1.83 bits per heavy atom. The fourth-order valence-corrected chi connectivity index (χ4v) is 10.5. The highest BCUT2D eigenvalue weighted by molar-refractivity contribution is 5.88. The number of ether oxygens (including phenoxy) is 2. The fourth-order valence-electron chi connectivity index (χ4n) is 10.5. The average Bonchev–Trinajstić information content (AvgIpc) is 3.36. The van der Waals surface area contributed by atoms with E-state index in [9.17, 15) is 15.0 Å². The van der Waals surface area contributed by atoms with E-state index in [1.807, 2.05) is 13.8 Å². The summed E-state index contributed by atoms with van der Waals surface area (Å²) in [5, 5.41) is 29.1. The molecule has 15 atom stereocenters. The quantitative estimate of drug-likeness (QED) is 0.118. The maximum absolute atomic E-state index is 13.5. The molecule has 3 aliphatic carbocycles. The number of aliphatic hydroxyl groups excluding tert-OH is 2. The van der Waals surface area contributed by atoms with Crippen LogP contribution in [0.5, 0.6) is 0 Å². The number of ketones is 1. The highest BCUT2D eigenvalue weighted by Crippen LogP contribution is 2.62. The SMILES string of the molecule is C=C(C(C)C(O)NC(C)NCCC)C1CC2C(C)(OC)C(=O)CCC2(C)C(CCC2CC(CC3CCC(C)C(C)C3)OC2O)C1C. The van der Waals surface area contributed by atoms with Gasteiger partial charge in [-0.2, -0.15) is 0 Å². The van der Waals surface area contributed by atoms with Crippen LogP contribution in [0.2, 0.25) is 0 Å². The third-order valence-corrected chi connectivity index (χ3v) is 14.0. The first-order valence-corrected chi connectivity index (χ1v) is 18.9. The lowest BCUT2D eigenvalue weighted by Crippen LogP contribution is -2.62.